The maximum Gasteiger partial charge on any atom is 0.243 e. The van der Waals surface area contributed by atoms with Crippen LogP contribution in [0.2, 0.25) is 0 Å². The summed E-state index contributed by atoms with van der Waals surface area (Å²) in [6, 6.07) is 18.0. The number of hydrogen-bond donors (Lipinski definition) is 3. The number of amides is 1. The van der Waals surface area contributed by atoms with Crippen molar-refractivity contribution in [1.29, 1.82) is 0 Å². The standard InChI is InChI=1S/C22H27N3O2/c26-18-12-13-25(14-18)15-21(16-6-2-1-3-7-16)24-22(27)20-11-10-17-8-4-5-9-19(17)23-20/h1-9,18,20-21,23,26H,10-15H2,(H,24,27)/t18-,20?,21+/m0/s1. The van der Waals surface area contributed by atoms with Gasteiger partial charge in [-0.05, 0) is 36.5 Å². The van der Waals surface area contributed by atoms with Crippen LogP contribution < -0.4 is 10.6 Å². The van der Waals surface area contributed by atoms with E-state index in [1.54, 1.807) is 0 Å². The summed E-state index contributed by atoms with van der Waals surface area (Å²) in [6.07, 6.45) is 2.26. The van der Waals surface area contributed by atoms with Gasteiger partial charge in [-0.3, -0.25) is 9.69 Å². The fraction of sp³-hybridized carbons (Fsp3) is 0.409. The number of hydrogen-bond acceptors (Lipinski definition) is 4. The van der Waals surface area contributed by atoms with Crippen molar-refractivity contribution in [3.8, 4) is 0 Å². The Hall–Kier alpha value is -2.37. The van der Waals surface area contributed by atoms with Crippen molar-refractivity contribution in [3.63, 3.8) is 0 Å². The first-order valence-corrected chi connectivity index (χ1v) is 9.79. The van der Waals surface area contributed by atoms with Gasteiger partial charge in [-0.25, -0.2) is 0 Å². The van der Waals surface area contributed by atoms with E-state index in [4.69, 9.17) is 0 Å². The highest BCUT2D eigenvalue weighted by molar-refractivity contribution is 5.86. The fourth-order valence-electron chi connectivity index (χ4n) is 4.06. The Morgan fingerprint density at radius 3 is 2.70 bits per heavy atom. The summed E-state index contributed by atoms with van der Waals surface area (Å²) in [6.45, 7) is 2.26. The molecule has 0 bridgehead atoms. The van der Waals surface area contributed by atoms with E-state index in [0.717, 1.165) is 43.6 Å². The van der Waals surface area contributed by atoms with E-state index >= 15 is 0 Å². The molecule has 1 saturated heterocycles. The molecule has 3 N–H and O–H groups in total. The summed E-state index contributed by atoms with van der Waals surface area (Å²) in [4.78, 5) is 15.2. The van der Waals surface area contributed by atoms with Crippen LogP contribution in [0.15, 0.2) is 54.6 Å². The minimum absolute atomic E-state index is 0.0399. The van der Waals surface area contributed by atoms with E-state index in [1.807, 2.05) is 36.4 Å². The Balaban J connectivity index is 1.45. The molecule has 3 atom stereocenters. The number of nitrogens with zero attached hydrogens (tertiary/aromatic N) is 1. The van der Waals surface area contributed by atoms with Crippen LogP contribution in [0.25, 0.3) is 0 Å². The Bertz CT molecular complexity index is 780. The lowest BCUT2D eigenvalue weighted by Gasteiger charge is -2.30. The maximum absolute atomic E-state index is 13.0. The van der Waals surface area contributed by atoms with Crippen molar-refractivity contribution < 1.29 is 9.90 Å². The van der Waals surface area contributed by atoms with E-state index in [0.29, 0.717) is 6.54 Å². The highest BCUT2D eigenvalue weighted by atomic mass is 16.3. The summed E-state index contributed by atoms with van der Waals surface area (Å²) in [5, 5.41) is 16.5. The molecule has 2 aliphatic rings. The Kier molecular flexibility index (Phi) is 5.41. The van der Waals surface area contributed by atoms with E-state index in [-0.39, 0.29) is 24.1 Å². The molecule has 0 aromatic heterocycles. The van der Waals surface area contributed by atoms with E-state index in [1.165, 1.54) is 5.56 Å². The summed E-state index contributed by atoms with van der Waals surface area (Å²) in [5.74, 6) is 0.0399. The average molecular weight is 365 g/mol. The summed E-state index contributed by atoms with van der Waals surface area (Å²) in [5.41, 5.74) is 3.43. The molecule has 0 radical (unpaired) electrons. The monoisotopic (exact) mass is 365 g/mol. The second kappa shape index (κ2) is 8.11. The van der Waals surface area contributed by atoms with E-state index < -0.39 is 0 Å². The zero-order valence-corrected chi connectivity index (χ0v) is 15.5. The number of para-hydroxylation sites is 1. The highest BCUT2D eigenvalue weighted by Crippen LogP contribution is 2.25. The molecule has 2 aromatic carbocycles. The quantitative estimate of drug-likeness (QED) is 0.761. The number of carbonyl (C=O) groups excluding carboxylic acids is 1. The highest BCUT2D eigenvalue weighted by Gasteiger charge is 2.28. The van der Waals surface area contributed by atoms with Gasteiger partial charge in [0.1, 0.15) is 6.04 Å². The van der Waals surface area contributed by atoms with E-state index in [9.17, 15) is 9.90 Å². The Labute approximate surface area is 160 Å². The third kappa shape index (κ3) is 4.31. The van der Waals surface area contributed by atoms with Crippen molar-refractivity contribution in [2.75, 3.05) is 25.0 Å². The molecule has 2 aromatic rings. The summed E-state index contributed by atoms with van der Waals surface area (Å²) in [7, 11) is 0. The molecule has 1 fully saturated rings. The van der Waals surface area contributed by atoms with Crippen LogP contribution in [0.5, 0.6) is 0 Å². The van der Waals surface area contributed by atoms with Crippen molar-refractivity contribution in [1.82, 2.24) is 10.2 Å². The van der Waals surface area contributed by atoms with Gasteiger partial charge < -0.3 is 15.7 Å². The van der Waals surface area contributed by atoms with Gasteiger partial charge in [0.05, 0.1) is 12.1 Å². The van der Waals surface area contributed by atoms with Gasteiger partial charge in [0.2, 0.25) is 5.91 Å². The number of aryl methyl sites for hydroxylation is 1. The third-order valence-corrected chi connectivity index (χ3v) is 5.57. The molecule has 1 amide bonds. The topological polar surface area (TPSA) is 64.6 Å². The lowest BCUT2D eigenvalue weighted by molar-refractivity contribution is -0.122. The molecule has 0 aliphatic carbocycles. The molecular formula is C22H27N3O2. The SMILES string of the molecule is O=C(N[C@H](CN1CC[C@H](O)C1)c1ccccc1)C1CCc2ccccc2N1. The molecule has 27 heavy (non-hydrogen) atoms. The third-order valence-electron chi connectivity index (χ3n) is 5.57. The predicted molar refractivity (Wildman–Crippen MR) is 107 cm³/mol. The fourth-order valence-corrected chi connectivity index (χ4v) is 4.06. The number of likely N-dealkylation sites (tertiary alicyclic amines) is 1. The van der Waals surface area contributed by atoms with Crippen LogP contribution >= 0.6 is 0 Å². The molecule has 5 nitrogen and oxygen atoms in total. The maximum atomic E-state index is 13.0. The van der Waals surface area contributed by atoms with Crippen LogP contribution in [-0.2, 0) is 11.2 Å². The zero-order chi connectivity index (χ0) is 18.6. The molecule has 1 unspecified atom stereocenters. The number of aliphatic hydroxyl groups excluding tert-OH is 1. The normalized spacial score (nSPS) is 23.3. The molecular weight excluding hydrogens is 338 g/mol. The molecule has 2 aliphatic heterocycles. The molecule has 5 heteroatoms. The van der Waals surface area contributed by atoms with Gasteiger partial charge in [-0.2, -0.15) is 0 Å². The number of carbonyl (C=O) groups is 1. The summed E-state index contributed by atoms with van der Waals surface area (Å²) >= 11 is 0. The molecule has 2 heterocycles. The van der Waals surface area contributed by atoms with Gasteiger partial charge >= 0.3 is 0 Å². The van der Waals surface area contributed by atoms with Gasteiger partial charge in [0, 0.05) is 25.3 Å². The Morgan fingerprint density at radius 2 is 1.93 bits per heavy atom. The number of fused-ring (bicyclic) bond motifs is 1. The van der Waals surface area contributed by atoms with Crippen molar-refractivity contribution in [3.05, 3.63) is 65.7 Å². The second-order valence-corrected chi connectivity index (χ2v) is 7.57. The average Bonchev–Trinajstić information content (AvgIpc) is 3.12. The number of aliphatic hydroxyl groups is 1. The van der Waals surface area contributed by atoms with Crippen LogP contribution in [0.3, 0.4) is 0 Å². The van der Waals surface area contributed by atoms with Gasteiger partial charge in [-0.1, -0.05) is 48.5 Å². The second-order valence-electron chi connectivity index (χ2n) is 7.57. The summed E-state index contributed by atoms with van der Waals surface area (Å²) < 4.78 is 0. The zero-order valence-electron chi connectivity index (χ0n) is 15.5. The lowest BCUT2D eigenvalue weighted by atomic mass is 9.97. The number of anilines is 1. The van der Waals surface area contributed by atoms with Crippen molar-refractivity contribution in [2.24, 2.45) is 0 Å². The van der Waals surface area contributed by atoms with Crippen molar-refractivity contribution >= 4 is 11.6 Å². The largest absolute Gasteiger partial charge is 0.392 e. The van der Waals surface area contributed by atoms with Crippen LogP contribution in [-0.4, -0.2) is 47.7 Å². The minimum atomic E-state index is -0.256. The minimum Gasteiger partial charge on any atom is -0.392 e. The first-order valence-electron chi connectivity index (χ1n) is 9.79. The van der Waals surface area contributed by atoms with Crippen molar-refractivity contribution in [2.45, 2.75) is 37.5 Å². The van der Waals surface area contributed by atoms with Crippen LogP contribution in [0.4, 0.5) is 5.69 Å². The number of benzene rings is 2. The Morgan fingerprint density at radius 1 is 1.15 bits per heavy atom. The first kappa shape index (κ1) is 18.0. The van der Waals surface area contributed by atoms with Gasteiger partial charge in [0.15, 0.2) is 0 Å². The number of rotatable bonds is 5. The van der Waals surface area contributed by atoms with Crippen LogP contribution in [0, 0.1) is 0 Å². The van der Waals surface area contributed by atoms with Crippen LogP contribution in [0.1, 0.15) is 30.0 Å². The van der Waals surface area contributed by atoms with Gasteiger partial charge in [-0.15, -0.1) is 0 Å². The number of β-amino-alcohol motifs (C(OH)–C–C–N with tert-alkyl or cyclic N) is 1. The lowest BCUT2D eigenvalue weighted by Crippen LogP contribution is -2.45. The van der Waals surface area contributed by atoms with E-state index in [2.05, 4.69) is 33.7 Å². The molecule has 142 valence electrons. The predicted octanol–water partition coefficient (Wildman–Crippen LogP) is 2.34. The molecule has 0 spiro atoms. The first-order chi connectivity index (χ1) is 13.2. The number of nitrogens with one attached hydrogen (secondary N) is 2. The molecule has 0 saturated carbocycles. The molecule has 4 rings (SSSR count). The smallest absolute Gasteiger partial charge is 0.243 e. The van der Waals surface area contributed by atoms with Gasteiger partial charge in [0.25, 0.3) is 0 Å².